The molecule has 1 fully saturated rings. The molecule has 1 aromatic carbocycles. The zero-order valence-electron chi connectivity index (χ0n) is 9.64. The molecule has 0 heterocycles. The van der Waals surface area contributed by atoms with Crippen molar-refractivity contribution in [3.63, 3.8) is 0 Å². The summed E-state index contributed by atoms with van der Waals surface area (Å²) in [7, 11) is -3.57. The molecule has 1 saturated carbocycles. The third-order valence-corrected chi connectivity index (χ3v) is 5.02. The number of hydrogen-bond donors (Lipinski definition) is 3. The zero-order chi connectivity index (χ0) is 13.3. The van der Waals surface area contributed by atoms with Crippen LogP contribution in [0.3, 0.4) is 0 Å². The smallest absolute Gasteiger partial charge is 0.242 e. The van der Waals surface area contributed by atoms with Crippen LogP contribution < -0.4 is 10.5 Å². The van der Waals surface area contributed by atoms with E-state index in [9.17, 15) is 8.42 Å². The van der Waals surface area contributed by atoms with Gasteiger partial charge >= 0.3 is 0 Å². The van der Waals surface area contributed by atoms with Crippen molar-refractivity contribution in [3.8, 4) is 0 Å². The van der Waals surface area contributed by atoms with E-state index in [0.29, 0.717) is 19.4 Å². The molecule has 0 aromatic heterocycles. The predicted molar refractivity (Wildman–Crippen MR) is 72.5 cm³/mol. The molecule has 0 radical (unpaired) electrons. The van der Waals surface area contributed by atoms with Gasteiger partial charge in [0.15, 0.2) is 0 Å². The van der Waals surface area contributed by atoms with E-state index < -0.39 is 10.0 Å². The molecule has 0 aliphatic heterocycles. The van der Waals surface area contributed by atoms with E-state index >= 15 is 0 Å². The van der Waals surface area contributed by atoms with Crippen LogP contribution in [0.25, 0.3) is 0 Å². The highest BCUT2D eigenvalue weighted by Gasteiger charge is 2.28. The van der Waals surface area contributed by atoms with Gasteiger partial charge in [0.25, 0.3) is 0 Å². The van der Waals surface area contributed by atoms with Crippen molar-refractivity contribution in [3.05, 3.63) is 22.7 Å². The van der Waals surface area contributed by atoms with Crippen LogP contribution in [0, 0.1) is 5.92 Å². The fraction of sp³-hybridized carbons (Fsp3) is 0.455. The van der Waals surface area contributed by atoms with Crippen LogP contribution in [0.1, 0.15) is 12.8 Å². The van der Waals surface area contributed by atoms with Crippen LogP contribution in [-0.4, -0.2) is 26.2 Å². The molecule has 0 bridgehead atoms. The lowest BCUT2D eigenvalue weighted by atomic mass is 9.83. The van der Waals surface area contributed by atoms with Gasteiger partial charge in [-0.15, -0.1) is 0 Å². The fourth-order valence-corrected chi connectivity index (χ4v) is 3.54. The Bertz CT molecular complexity index is 541. The summed E-state index contributed by atoms with van der Waals surface area (Å²) in [6, 6.07) is 4.66. The van der Waals surface area contributed by atoms with Crippen LogP contribution in [0.5, 0.6) is 0 Å². The molecule has 5 nitrogen and oxygen atoms in total. The molecule has 4 N–H and O–H groups in total. The number of sulfonamides is 1. The van der Waals surface area contributed by atoms with Crippen molar-refractivity contribution < 1.29 is 13.5 Å². The summed E-state index contributed by atoms with van der Waals surface area (Å²) < 4.78 is 27.3. The summed E-state index contributed by atoms with van der Waals surface area (Å²) in [5.41, 5.74) is 5.91. The first-order chi connectivity index (χ1) is 8.38. The van der Waals surface area contributed by atoms with E-state index in [1.54, 1.807) is 12.1 Å². The third-order valence-electron chi connectivity index (χ3n) is 3.03. The molecule has 18 heavy (non-hydrogen) atoms. The van der Waals surface area contributed by atoms with Gasteiger partial charge in [-0.2, -0.15) is 0 Å². The summed E-state index contributed by atoms with van der Waals surface area (Å²) in [4.78, 5) is 0.0885. The Morgan fingerprint density at radius 1 is 1.44 bits per heavy atom. The summed E-state index contributed by atoms with van der Waals surface area (Å²) in [6.45, 7) is 0.342. The highest BCUT2D eigenvalue weighted by atomic mass is 79.9. The van der Waals surface area contributed by atoms with Crippen LogP contribution in [0.15, 0.2) is 27.6 Å². The first-order valence-electron chi connectivity index (χ1n) is 5.61. The van der Waals surface area contributed by atoms with Gasteiger partial charge in [-0.1, -0.05) is 15.9 Å². The van der Waals surface area contributed by atoms with Crippen molar-refractivity contribution in [1.29, 1.82) is 0 Å². The Labute approximate surface area is 115 Å². The molecule has 0 unspecified atom stereocenters. The zero-order valence-corrected chi connectivity index (χ0v) is 12.0. The summed E-state index contributed by atoms with van der Waals surface area (Å²) in [5.74, 6) is 0.214. The Morgan fingerprint density at radius 2 is 2.11 bits per heavy atom. The van der Waals surface area contributed by atoms with Gasteiger partial charge in [0.1, 0.15) is 4.90 Å². The van der Waals surface area contributed by atoms with E-state index in [0.717, 1.165) is 4.47 Å². The Morgan fingerprint density at radius 3 is 2.67 bits per heavy atom. The van der Waals surface area contributed by atoms with Gasteiger partial charge in [-0.25, -0.2) is 13.1 Å². The average molecular weight is 335 g/mol. The maximum atomic E-state index is 12.0. The van der Waals surface area contributed by atoms with Gasteiger partial charge < -0.3 is 10.8 Å². The van der Waals surface area contributed by atoms with E-state index in [1.807, 2.05) is 0 Å². The number of benzene rings is 1. The van der Waals surface area contributed by atoms with Crippen molar-refractivity contribution >= 4 is 31.6 Å². The molecule has 7 heteroatoms. The third kappa shape index (κ3) is 3.03. The van der Waals surface area contributed by atoms with E-state index in [2.05, 4.69) is 20.7 Å². The van der Waals surface area contributed by atoms with E-state index in [4.69, 9.17) is 10.8 Å². The van der Waals surface area contributed by atoms with Crippen LogP contribution >= 0.6 is 15.9 Å². The van der Waals surface area contributed by atoms with E-state index in [-0.39, 0.29) is 22.6 Å². The Hall–Kier alpha value is -0.630. The summed E-state index contributed by atoms with van der Waals surface area (Å²) >= 11 is 3.23. The van der Waals surface area contributed by atoms with Crippen molar-refractivity contribution in [2.45, 2.75) is 23.8 Å². The fourth-order valence-electron chi connectivity index (χ4n) is 1.94. The molecule has 1 aromatic rings. The first kappa shape index (κ1) is 13.8. The second-order valence-corrected chi connectivity index (χ2v) is 7.18. The molecule has 1 aliphatic rings. The highest BCUT2D eigenvalue weighted by Crippen LogP contribution is 2.27. The molecule has 0 saturated heterocycles. The largest absolute Gasteiger partial charge is 0.398 e. The molecule has 2 rings (SSSR count). The number of nitrogen functional groups attached to an aromatic ring is 1. The van der Waals surface area contributed by atoms with E-state index in [1.165, 1.54) is 6.07 Å². The number of anilines is 1. The minimum atomic E-state index is -3.57. The standard InChI is InChI=1S/C11H15BrN2O3S/c12-8-1-2-11(10(13)5-8)18(16,17)14-6-7-3-9(15)4-7/h1-2,5,7,9,14-15H,3-4,6,13H2. The summed E-state index contributed by atoms with van der Waals surface area (Å²) in [6.07, 6.45) is 1.02. The summed E-state index contributed by atoms with van der Waals surface area (Å²) in [5, 5.41) is 9.14. The number of hydrogen-bond acceptors (Lipinski definition) is 4. The second-order valence-electron chi connectivity index (χ2n) is 4.53. The number of aliphatic hydroxyl groups excluding tert-OH is 1. The first-order valence-corrected chi connectivity index (χ1v) is 7.89. The average Bonchev–Trinajstić information content (AvgIpc) is 2.22. The maximum Gasteiger partial charge on any atom is 0.242 e. The van der Waals surface area contributed by atoms with Crippen molar-refractivity contribution in [2.24, 2.45) is 5.92 Å². The van der Waals surface area contributed by atoms with Crippen molar-refractivity contribution in [2.75, 3.05) is 12.3 Å². The molecule has 0 spiro atoms. The monoisotopic (exact) mass is 334 g/mol. The normalized spacial score (nSPS) is 23.7. The molecule has 1 aliphatic carbocycles. The number of nitrogens with one attached hydrogen (secondary N) is 1. The lowest BCUT2D eigenvalue weighted by Gasteiger charge is -2.31. The Balaban J connectivity index is 2.06. The molecular formula is C11H15BrN2O3S. The number of rotatable bonds is 4. The minimum absolute atomic E-state index is 0.0885. The quantitative estimate of drug-likeness (QED) is 0.718. The minimum Gasteiger partial charge on any atom is -0.398 e. The molecule has 0 amide bonds. The van der Waals surface area contributed by atoms with Gasteiger partial charge in [-0.05, 0) is 37.0 Å². The number of halogens is 1. The molecule has 100 valence electrons. The molecule has 0 atom stereocenters. The maximum absolute atomic E-state index is 12.0. The van der Waals surface area contributed by atoms with Gasteiger partial charge in [0, 0.05) is 11.0 Å². The van der Waals surface area contributed by atoms with Gasteiger partial charge in [-0.3, -0.25) is 0 Å². The van der Waals surface area contributed by atoms with Gasteiger partial charge in [0.2, 0.25) is 10.0 Å². The van der Waals surface area contributed by atoms with Crippen LogP contribution in [0.2, 0.25) is 0 Å². The van der Waals surface area contributed by atoms with Crippen molar-refractivity contribution in [1.82, 2.24) is 4.72 Å². The van der Waals surface area contributed by atoms with Gasteiger partial charge in [0.05, 0.1) is 11.8 Å². The lowest BCUT2D eigenvalue weighted by Crippen LogP contribution is -2.38. The highest BCUT2D eigenvalue weighted by molar-refractivity contribution is 9.10. The number of nitrogens with two attached hydrogens (primary N) is 1. The van der Waals surface area contributed by atoms with Crippen LogP contribution in [-0.2, 0) is 10.0 Å². The Kier molecular flexibility index (Phi) is 3.96. The lowest BCUT2D eigenvalue weighted by molar-refractivity contribution is 0.0453. The number of aliphatic hydroxyl groups is 1. The molecular weight excluding hydrogens is 320 g/mol. The topological polar surface area (TPSA) is 92.4 Å². The second kappa shape index (κ2) is 5.16. The predicted octanol–water partition coefficient (Wildman–Crippen LogP) is 1.08. The van der Waals surface area contributed by atoms with Crippen LogP contribution in [0.4, 0.5) is 5.69 Å². The SMILES string of the molecule is Nc1cc(Br)ccc1S(=O)(=O)NCC1CC(O)C1.